The van der Waals surface area contributed by atoms with Gasteiger partial charge in [0.05, 0.1) is 13.5 Å². The predicted molar refractivity (Wildman–Crippen MR) is 75.8 cm³/mol. The highest BCUT2D eigenvalue weighted by atomic mass is 16.5. The molecule has 3 nitrogen and oxygen atoms in total. The molecular weight excluding hydrogens is 240 g/mol. The number of rotatable bonds is 7. The molecule has 0 N–H and O–H groups in total. The second-order valence-corrected chi connectivity index (χ2v) is 5.37. The van der Waals surface area contributed by atoms with E-state index < -0.39 is 0 Å². The molecular formula is C16H26O3. The zero-order valence-corrected chi connectivity index (χ0v) is 12.4. The summed E-state index contributed by atoms with van der Waals surface area (Å²) in [6.07, 6.45) is 8.42. The number of esters is 1. The first-order valence-electron chi connectivity index (χ1n) is 7.44. The number of hydrogen-bond acceptors (Lipinski definition) is 3. The average molecular weight is 266 g/mol. The van der Waals surface area contributed by atoms with Crippen LogP contribution in [0, 0.1) is 11.8 Å². The number of hydrogen-bond donors (Lipinski definition) is 0. The average Bonchev–Trinajstić information content (AvgIpc) is 2.75. The summed E-state index contributed by atoms with van der Waals surface area (Å²) < 4.78 is 4.71. The fraction of sp³-hybridized carbons (Fsp3) is 0.750. The van der Waals surface area contributed by atoms with Gasteiger partial charge in [0.15, 0.2) is 5.78 Å². The number of ether oxygens (including phenoxy) is 1. The Morgan fingerprint density at radius 1 is 1.47 bits per heavy atom. The van der Waals surface area contributed by atoms with Gasteiger partial charge in [-0.15, -0.1) is 0 Å². The normalized spacial score (nSPS) is 22.8. The lowest BCUT2D eigenvalue weighted by molar-refractivity contribution is -0.141. The lowest BCUT2D eigenvalue weighted by Crippen LogP contribution is -2.11. The maximum atomic E-state index is 12.0. The van der Waals surface area contributed by atoms with Crippen molar-refractivity contribution in [3.8, 4) is 0 Å². The molecule has 1 aliphatic rings. The molecule has 0 spiro atoms. The van der Waals surface area contributed by atoms with E-state index in [9.17, 15) is 9.59 Å². The van der Waals surface area contributed by atoms with Crippen molar-refractivity contribution in [2.75, 3.05) is 7.11 Å². The Balaban J connectivity index is 2.73. The fourth-order valence-electron chi connectivity index (χ4n) is 2.68. The van der Waals surface area contributed by atoms with Gasteiger partial charge >= 0.3 is 5.97 Å². The summed E-state index contributed by atoms with van der Waals surface area (Å²) in [4.78, 5) is 23.3. The van der Waals surface area contributed by atoms with E-state index in [4.69, 9.17) is 4.74 Å². The van der Waals surface area contributed by atoms with Crippen molar-refractivity contribution >= 4 is 11.8 Å². The molecule has 0 aliphatic heterocycles. The van der Waals surface area contributed by atoms with Gasteiger partial charge in [-0.2, -0.15) is 0 Å². The molecule has 0 bridgehead atoms. The van der Waals surface area contributed by atoms with Gasteiger partial charge in [0, 0.05) is 6.42 Å². The molecule has 2 unspecified atom stereocenters. The summed E-state index contributed by atoms with van der Waals surface area (Å²) in [5, 5.41) is 0. The molecule has 108 valence electrons. The van der Waals surface area contributed by atoms with E-state index in [2.05, 4.69) is 19.9 Å². The third-order valence-corrected chi connectivity index (χ3v) is 3.99. The number of carbonyl (C=O) groups is 2. The van der Waals surface area contributed by atoms with Crippen LogP contribution in [0.4, 0.5) is 0 Å². The molecule has 19 heavy (non-hydrogen) atoms. The number of methoxy groups -OCH3 is 1. The van der Waals surface area contributed by atoms with E-state index in [1.807, 2.05) is 0 Å². The Bertz CT molecular complexity index is 344. The van der Waals surface area contributed by atoms with E-state index in [0.29, 0.717) is 18.8 Å². The van der Waals surface area contributed by atoms with Crippen LogP contribution < -0.4 is 0 Å². The van der Waals surface area contributed by atoms with Gasteiger partial charge in [0.25, 0.3) is 0 Å². The van der Waals surface area contributed by atoms with Crippen LogP contribution in [0.1, 0.15) is 58.8 Å². The first-order chi connectivity index (χ1) is 9.12. The molecule has 0 saturated heterocycles. The molecule has 0 aromatic carbocycles. The summed E-state index contributed by atoms with van der Waals surface area (Å²) in [5.74, 6) is 0.559. The molecule has 2 atom stereocenters. The van der Waals surface area contributed by atoms with Gasteiger partial charge in [-0.3, -0.25) is 9.59 Å². The van der Waals surface area contributed by atoms with E-state index in [0.717, 1.165) is 24.8 Å². The maximum Gasteiger partial charge on any atom is 0.306 e. The summed E-state index contributed by atoms with van der Waals surface area (Å²) in [6, 6.07) is 0. The minimum atomic E-state index is -0.216. The van der Waals surface area contributed by atoms with Crippen molar-refractivity contribution in [2.45, 2.75) is 58.8 Å². The predicted octanol–water partition coefficient (Wildman–Crippen LogP) is 3.67. The van der Waals surface area contributed by atoms with Gasteiger partial charge in [-0.05, 0) is 36.7 Å². The smallest absolute Gasteiger partial charge is 0.306 e. The van der Waals surface area contributed by atoms with Crippen molar-refractivity contribution < 1.29 is 14.3 Å². The molecule has 1 fully saturated rings. The SMILES string of the molecule is CCCCC(C=C1C(=O)CCC1CC(=O)OC)CC. The van der Waals surface area contributed by atoms with Gasteiger partial charge in [-0.1, -0.05) is 32.8 Å². The Morgan fingerprint density at radius 2 is 2.21 bits per heavy atom. The zero-order chi connectivity index (χ0) is 14.3. The van der Waals surface area contributed by atoms with Gasteiger partial charge in [-0.25, -0.2) is 0 Å². The number of ketones is 1. The molecule has 1 aliphatic carbocycles. The highest BCUT2D eigenvalue weighted by Crippen LogP contribution is 2.33. The third kappa shape index (κ3) is 4.81. The van der Waals surface area contributed by atoms with Crippen LogP contribution in [0.15, 0.2) is 11.6 Å². The van der Waals surface area contributed by atoms with E-state index in [-0.39, 0.29) is 17.7 Å². The number of unbranched alkanes of at least 4 members (excludes halogenated alkanes) is 1. The van der Waals surface area contributed by atoms with E-state index in [1.54, 1.807) is 0 Å². The largest absolute Gasteiger partial charge is 0.469 e. The molecule has 1 rings (SSSR count). The van der Waals surface area contributed by atoms with Crippen LogP contribution >= 0.6 is 0 Å². The lowest BCUT2D eigenvalue weighted by Gasteiger charge is -2.14. The molecule has 0 aromatic heterocycles. The second kappa shape index (κ2) is 8.13. The molecule has 0 heterocycles. The van der Waals surface area contributed by atoms with Crippen molar-refractivity contribution in [1.29, 1.82) is 0 Å². The Kier molecular flexibility index (Phi) is 6.82. The van der Waals surface area contributed by atoms with Gasteiger partial charge < -0.3 is 4.74 Å². The molecule has 3 heteroatoms. The quantitative estimate of drug-likeness (QED) is 0.521. The Hall–Kier alpha value is -1.12. The number of allylic oxidation sites excluding steroid dienone is 2. The topological polar surface area (TPSA) is 43.4 Å². The number of Topliss-reactive ketones (excluding diaryl/α,β-unsaturated/α-hetero) is 1. The molecule has 0 radical (unpaired) electrons. The minimum absolute atomic E-state index is 0.0793. The van der Waals surface area contributed by atoms with Crippen molar-refractivity contribution in [3.05, 3.63) is 11.6 Å². The molecule has 0 amide bonds. The first kappa shape index (κ1) is 15.9. The summed E-state index contributed by atoms with van der Waals surface area (Å²) in [5.41, 5.74) is 0.883. The lowest BCUT2D eigenvalue weighted by atomic mass is 9.91. The van der Waals surface area contributed by atoms with Crippen LogP contribution in [0.25, 0.3) is 0 Å². The minimum Gasteiger partial charge on any atom is -0.469 e. The van der Waals surface area contributed by atoms with Crippen LogP contribution in [0.3, 0.4) is 0 Å². The number of carbonyl (C=O) groups excluding carboxylic acids is 2. The van der Waals surface area contributed by atoms with Crippen LogP contribution in [-0.2, 0) is 14.3 Å². The molecule has 1 saturated carbocycles. The highest BCUT2D eigenvalue weighted by molar-refractivity contribution is 5.98. The van der Waals surface area contributed by atoms with E-state index in [1.165, 1.54) is 20.0 Å². The first-order valence-corrected chi connectivity index (χ1v) is 7.44. The van der Waals surface area contributed by atoms with Gasteiger partial charge in [0.1, 0.15) is 0 Å². The summed E-state index contributed by atoms with van der Waals surface area (Å²) >= 11 is 0. The van der Waals surface area contributed by atoms with Crippen LogP contribution in [0.2, 0.25) is 0 Å². The highest BCUT2D eigenvalue weighted by Gasteiger charge is 2.30. The Morgan fingerprint density at radius 3 is 2.79 bits per heavy atom. The van der Waals surface area contributed by atoms with Gasteiger partial charge in [0.2, 0.25) is 0 Å². The molecule has 0 aromatic rings. The summed E-state index contributed by atoms with van der Waals surface area (Å²) in [7, 11) is 1.40. The standard InChI is InChI=1S/C16H26O3/c1-4-6-7-12(5-2)10-14-13(8-9-15(14)17)11-16(18)19-3/h10,12-13H,4-9,11H2,1-3H3. The Labute approximate surface area is 116 Å². The monoisotopic (exact) mass is 266 g/mol. The van der Waals surface area contributed by atoms with Crippen molar-refractivity contribution in [1.82, 2.24) is 0 Å². The van der Waals surface area contributed by atoms with Crippen LogP contribution in [-0.4, -0.2) is 18.9 Å². The van der Waals surface area contributed by atoms with Crippen molar-refractivity contribution in [3.63, 3.8) is 0 Å². The van der Waals surface area contributed by atoms with Crippen LogP contribution in [0.5, 0.6) is 0 Å². The zero-order valence-electron chi connectivity index (χ0n) is 12.4. The second-order valence-electron chi connectivity index (χ2n) is 5.37. The van der Waals surface area contributed by atoms with E-state index >= 15 is 0 Å². The third-order valence-electron chi connectivity index (χ3n) is 3.99. The maximum absolute atomic E-state index is 12.0. The fourth-order valence-corrected chi connectivity index (χ4v) is 2.68. The summed E-state index contributed by atoms with van der Waals surface area (Å²) in [6.45, 7) is 4.34. The van der Waals surface area contributed by atoms with Crippen molar-refractivity contribution in [2.24, 2.45) is 11.8 Å².